The molecule has 0 radical (unpaired) electrons. The molecule has 0 bridgehead atoms. The fourth-order valence-electron chi connectivity index (χ4n) is 2.56. The van der Waals surface area contributed by atoms with E-state index < -0.39 is 0 Å². The SMILES string of the molecule is Cc1cc2c(-c3nccc4oc(C)cc34)nccc2o1. The Morgan fingerprint density at radius 3 is 1.65 bits per heavy atom. The van der Waals surface area contributed by atoms with Gasteiger partial charge < -0.3 is 8.83 Å². The van der Waals surface area contributed by atoms with Gasteiger partial charge in [0.05, 0.1) is 0 Å². The van der Waals surface area contributed by atoms with Crippen LogP contribution >= 0.6 is 0 Å². The second kappa shape index (κ2) is 3.93. The molecule has 0 spiro atoms. The summed E-state index contributed by atoms with van der Waals surface area (Å²) in [4.78, 5) is 8.97. The van der Waals surface area contributed by atoms with E-state index in [1.165, 1.54) is 0 Å². The quantitative estimate of drug-likeness (QED) is 0.515. The summed E-state index contributed by atoms with van der Waals surface area (Å²) in [5.41, 5.74) is 3.30. The predicted molar refractivity (Wildman–Crippen MR) is 76.5 cm³/mol. The molecule has 4 heteroatoms. The molecule has 0 N–H and O–H groups in total. The molecule has 4 aromatic rings. The maximum absolute atomic E-state index is 5.66. The van der Waals surface area contributed by atoms with Gasteiger partial charge in [-0.1, -0.05) is 0 Å². The van der Waals surface area contributed by atoms with Gasteiger partial charge in [0.2, 0.25) is 0 Å². The molecule has 0 aliphatic carbocycles. The first-order chi connectivity index (χ1) is 9.72. The summed E-state index contributed by atoms with van der Waals surface area (Å²) in [5, 5.41) is 1.95. The van der Waals surface area contributed by atoms with Crippen LogP contribution in [0.25, 0.3) is 33.3 Å². The highest BCUT2D eigenvalue weighted by atomic mass is 16.3. The van der Waals surface area contributed by atoms with Crippen molar-refractivity contribution in [3.05, 3.63) is 48.2 Å². The summed E-state index contributed by atoms with van der Waals surface area (Å²) in [6.45, 7) is 3.86. The van der Waals surface area contributed by atoms with Crippen LogP contribution in [0.1, 0.15) is 11.5 Å². The first kappa shape index (κ1) is 11.2. The van der Waals surface area contributed by atoms with Gasteiger partial charge in [0, 0.05) is 23.2 Å². The lowest BCUT2D eigenvalue weighted by atomic mass is 10.1. The van der Waals surface area contributed by atoms with Crippen LogP contribution < -0.4 is 0 Å². The first-order valence-corrected chi connectivity index (χ1v) is 6.43. The number of hydrogen-bond acceptors (Lipinski definition) is 4. The van der Waals surface area contributed by atoms with Crippen molar-refractivity contribution >= 4 is 21.9 Å². The Hall–Kier alpha value is -2.62. The van der Waals surface area contributed by atoms with E-state index in [0.29, 0.717) is 0 Å². The van der Waals surface area contributed by atoms with Crippen LogP contribution in [-0.4, -0.2) is 9.97 Å². The van der Waals surface area contributed by atoms with Crippen molar-refractivity contribution < 1.29 is 8.83 Å². The zero-order valence-corrected chi connectivity index (χ0v) is 11.2. The number of nitrogens with zero attached hydrogens (tertiary/aromatic N) is 2. The van der Waals surface area contributed by atoms with Crippen LogP contribution in [0.15, 0.2) is 45.5 Å². The summed E-state index contributed by atoms with van der Waals surface area (Å²) >= 11 is 0. The third kappa shape index (κ3) is 1.54. The second-order valence-electron chi connectivity index (χ2n) is 4.86. The minimum Gasteiger partial charge on any atom is -0.461 e. The molecule has 0 saturated heterocycles. The summed E-state index contributed by atoms with van der Waals surface area (Å²) in [6.07, 6.45) is 3.49. The Morgan fingerprint density at radius 2 is 1.20 bits per heavy atom. The zero-order valence-electron chi connectivity index (χ0n) is 11.2. The molecule has 4 aromatic heterocycles. The first-order valence-electron chi connectivity index (χ1n) is 6.43. The van der Waals surface area contributed by atoms with Gasteiger partial charge in [-0.25, -0.2) is 0 Å². The largest absolute Gasteiger partial charge is 0.461 e. The minimum absolute atomic E-state index is 0.825. The predicted octanol–water partition coefficient (Wildman–Crippen LogP) is 4.25. The number of hydrogen-bond donors (Lipinski definition) is 0. The van der Waals surface area contributed by atoms with Crippen LogP contribution in [0.4, 0.5) is 0 Å². The van der Waals surface area contributed by atoms with Crippen LogP contribution in [-0.2, 0) is 0 Å². The molecule has 4 nitrogen and oxygen atoms in total. The molecular weight excluding hydrogens is 252 g/mol. The number of aryl methyl sites for hydroxylation is 2. The normalized spacial score (nSPS) is 11.5. The van der Waals surface area contributed by atoms with Gasteiger partial charge in [0.25, 0.3) is 0 Å². The summed E-state index contributed by atoms with van der Waals surface area (Å²) in [6, 6.07) is 7.72. The number of aromatic nitrogens is 2. The van der Waals surface area contributed by atoms with Crippen molar-refractivity contribution in [3.63, 3.8) is 0 Å². The van der Waals surface area contributed by atoms with Gasteiger partial charge >= 0.3 is 0 Å². The van der Waals surface area contributed by atoms with Crippen molar-refractivity contribution in [2.45, 2.75) is 13.8 Å². The molecule has 0 aliphatic rings. The molecule has 20 heavy (non-hydrogen) atoms. The Labute approximate surface area is 115 Å². The van der Waals surface area contributed by atoms with E-state index in [2.05, 4.69) is 9.97 Å². The van der Waals surface area contributed by atoms with Gasteiger partial charge in [-0.2, -0.15) is 0 Å². The van der Waals surface area contributed by atoms with Crippen LogP contribution in [0, 0.1) is 13.8 Å². The Kier molecular flexibility index (Phi) is 2.21. The summed E-state index contributed by atoms with van der Waals surface area (Å²) in [5.74, 6) is 1.73. The zero-order chi connectivity index (χ0) is 13.7. The summed E-state index contributed by atoms with van der Waals surface area (Å²) < 4.78 is 11.3. The molecule has 4 rings (SSSR count). The molecule has 0 unspecified atom stereocenters. The Balaban J connectivity index is 2.10. The molecule has 0 amide bonds. The standard InChI is InChI=1S/C16H12N2O2/c1-9-7-11-13(19-9)3-5-17-15(11)16-12-8-10(2)20-14(12)4-6-18-16/h3-8H,1-2H3. The van der Waals surface area contributed by atoms with Gasteiger partial charge in [0.15, 0.2) is 0 Å². The lowest BCUT2D eigenvalue weighted by molar-refractivity contribution is 0.578. The lowest BCUT2D eigenvalue weighted by Crippen LogP contribution is -1.88. The monoisotopic (exact) mass is 264 g/mol. The third-order valence-electron chi connectivity index (χ3n) is 3.36. The number of rotatable bonds is 1. The highest BCUT2D eigenvalue weighted by Gasteiger charge is 2.14. The second-order valence-corrected chi connectivity index (χ2v) is 4.86. The van der Waals surface area contributed by atoms with E-state index in [4.69, 9.17) is 8.83 Å². The van der Waals surface area contributed by atoms with E-state index in [1.807, 2.05) is 38.1 Å². The van der Waals surface area contributed by atoms with Crippen LogP contribution in [0.2, 0.25) is 0 Å². The van der Waals surface area contributed by atoms with Gasteiger partial charge in [-0.3, -0.25) is 9.97 Å². The van der Waals surface area contributed by atoms with Crippen molar-refractivity contribution in [3.8, 4) is 11.4 Å². The number of fused-ring (bicyclic) bond motifs is 2. The number of furan rings is 2. The van der Waals surface area contributed by atoms with Crippen LogP contribution in [0.3, 0.4) is 0 Å². The average molecular weight is 264 g/mol. The van der Waals surface area contributed by atoms with E-state index in [0.717, 1.165) is 44.8 Å². The van der Waals surface area contributed by atoms with E-state index in [1.54, 1.807) is 12.4 Å². The molecule has 4 heterocycles. The van der Waals surface area contributed by atoms with E-state index >= 15 is 0 Å². The molecule has 98 valence electrons. The summed E-state index contributed by atoms with van der Waals surface area (Å²) in [7, 11) is 0. The molecule has 0 saturated carbocycles. The van der Waals surface area contributed by atoms with Crippen molar-refractivity contribution in [1.29, 1.82) is 0 Å². The minimum atomic E-state index is 0.825. The Morgan fingerprint density at radius 1 is 0.750 bits per heavy atom. The van der Waals surface area contributed by atoms with Gasteiger partial charge in [0.1, 0.15) is 34.1 Å². The maximum atomic E-state index is 5.66. The molecular formula is C16H12N2O2. The van der Waals surface area contributed by atoms with Gasteiger partial charge in [-0.05, 0) is 38.1 Å². The van der Waals surface area contributed by atoms with Crippen LogP contribution in [0.5, 0.6) is 0 Å². The lowest BCUT2D eigenvalue weighted by Gasteiger charge is -2.01. The van der Waals surface area contributed by atoms with Gasteiger partial charge in [-0.15, -0.1) is 0 Å². The van der Waals surface area contributed by atoms with E-state index in [-0.39, 0.29) is 0 Å². The third-order valence-corrected chi connectivity index (χ3v) is 3.36. The highest BCUT2D eigenvalue weighted by molar-refractivity contribution is 5.99. The molecule has 0 atom stereocenters. The molecule has 0 aliphatic heterocycles. The highest BCUT2D eigenvalue weighted by Crippen LogP contribution is 2.33. The topological polar surface area (TPSA) is 52.1 Å². The van der Waals surface area contributed by atoms with E-state index in [9.17, 15) is 0 Å². The average Bonchev–Trinajstić information content (AvgIpc) is 2.98. The smallest absolute Gasteiger partial charge is 0.138 e. The molecule has 0 aromatic carbocycles. The van der Waals surface area contributed by atoms with Crippen molar-refractivity contribution in [2.24, 2.45) is 0 Å². The number of pyridine rings is 2. The fourth-order valence-corrected chi connectivity index (χ4v) is 2.56. The van der Waals surface area contributed by atoms with Crippen molar-refractivity contribution in [2.75, 3.05) is 0 Å². The maximum Gasteiger partial charge on any atom is 0.138 e. The fraction of sp³-hybridized carbons (Fsp3) is 0.125. The molecule has 0 fully saturated rings. The Bertz CT molecular complexity index is 856. The van der Waals surface area contributed by atoms with Crippen molar-refractivity contribution in [1.82, 2.24) is 9.97 Å².